The maximum Gasteiger partial charge on any atom is 0.317 e. The Hall–Kier alpha value is -4.40. The van der Waals surface area contributed by atoms with Gasteiger partial charge in [-0.15, -0.1) is 0 Å². The van der Waals surface area contributed by atoms with E-state index in [0.29, 0.717) is 48.7 Å². The summed E-state index contributed by atoms with van der Waals surface area (Å²) in [6.45, 7) is 6.21. The first-order chi connectivity index (χ1) is 18.3. The molecule has 3 aromatic carbocycles. The molecule has 1 aliphatic rings. The molecule has 0 aliphatic carbocycles. The SMILES string of the molecule is CC(C)NC(=O)N1CCN(c2ccc(NC(=O)c3ccccc3)cc2C(=O)NCc2ccc(F)cc2)CC1. The second-order valence-electron chi connectivity index (χ2n) is 9.44. The van der Waals surface area contributed by atoms with E-state index in [0.717, 1.165) is 5.56 Å². The number of benzene rings is 3. The first kappa shape index (κ1) is 26.7. The van der Waals surface area contributed by atoms with Gasteiger partial charge in [-0.05, 0) is 61.9 Å². The summed E-state index contributed by atoms with van der Waals surface area (Å²) in [6, 6.07) is 20.0. The van der Waals surface area contributed by atoms with Gasteiger partial charge in [-0.1, -0.05) is 30.3 Å². The molecule has 0 radical (unpaired) electrons. The molecular weight excluding hydrogens is 485 g/mol. The van der Waals surface area contributed by atoms with Crippen LogP contribution in [0.4, 0.5) is 20.6 Å². The van der Waals surface area contributed by atoms with Gasteiger partial charge in [-0.2, -0.15) is 0 Å². The molecular formula is C29H32FN5O3. The largest absolute Gasteiger partial charge is 0.367 e. The van der Waals surface area contributed by atoms with E-state index in [4.69, 9.17) is 0 Å². The maximum absolute atomic E-state index is 13.4. The fourth-order valence-electron chi connectivity index (χ4n) is 4.23. The van der Waals surface area contributed by atoms with Crippen molar-refractivity contribution in [1.82, 2.24) is 15.5 Å². The Kier molecular flexibility index (Phi) is 8.58. The Morgan fingerprint density at radius 3 is 2.21 bits per heavy atom. The van der Waals surface area contributed by atoms with Gasteiger partial charge < -0.3 is 25.8 Å². The van der Waals surface area contributed by atoms with Gasteiger partial charge in [0.15, 0.2) is 0 Å². The topological polar surface area (TPSA) is 93.8 Å². The molecule has 3 aromatic rings. The van der Waals surface area contributed by atoms with Crippen molar-refractivity contribution in [2.45, 2.75) is 26.4 Å². The highest BCUT2D eigenvalue weighted by Gasteiger charge is 2.25. The van der Waals surface area contributed by atoms with Crippen molar-refractivity contribution in [3.8, 4) is 0 Å². The second kappa shape index (κ2) is 12.2. The zero-order chi connectivity index (χ0) is 27.1. The van der Waals surface area contributed by atoms with E-state index in [2.05, 4.69) is 20.9 Å². The summed E-state index contributed by atoms with van der Waals surface area (Å²) in [5, 5.41) is 8.68. The molecule has 1 saturated heterocycles. The van der Waals surface area contributed by atoms with Crippen LogP contribution in [0.5, 0.6) is 0 Å². The van der Waals surface area contributed by atoms with Crippen LogP contribution >= 0.6 is 0 Å². The van der Waals surface area contributed by atoms with E-state index in [-0.39, 0.29) is 36.2 Å². The van der Waals surface area contributed by atoms with Crippen LogP contribution in [0, 0.1) is 5.82 Å². The number of hydrogen-bond donors (Lipinski definition) is 3. The van der Waals surface area contributed by atoms with Crippen molar-refractivity contribution in [3.63, 3.8) is 0 Å². The maximum atomic E-state index is 13.4. The van der Waals surface area contributed by atoms with Crippen LogP contribution < -0.4 is 20.9 Å². The summed E-state index contributed by atoms with van der Waals surface area (Å²) in [7, 11) is 0. The zero-order valence-corrected chi connectivity index (χ0v) is 21.5. The zero-order valence-electron chi connectivity index (χ0n) is 21.5. The Morgan fingerprint density at radius 1 is 0.868 bits per heavy atom. The molecule has 1 fully saturated rings. The van der Waals surface area contributed by atoms with E-state index in [1.807, 2.05) is 26.0 Å². The van der Waals surface area contributed by atoms with Crippen molar-refractivity contribution >= 4 is 29.2 Å². The summed E-state index contributed by atoms with van der Waals surface area (Å²) in [4.78, 5) is 42.3. The molecule has 198 valence electrons. The van der Waals surface area contributed by atoms with Gasteiger partial charge in [0.2, 0.25) is 0 Å². The van der Waals surface area contributed by atoms with E-state index in [1.54, 1.807) is 53.4 Å². The monoisotopic (exact) mass is 517 g/mol. The van der Waals surface area contributed by atoms with Crippen LogP contribution in [0.25, 0.3) is 0 Å². The van der Waals surface area contributed by atoms with E-state index >= 15 is 0 Å². The molecule has 0 aromatic heterocycles. The molecule has 0 saturated carbocycles. The van der Waals surface area contributed by atoms with E-state index in [1.165, 1.54) is 12.1 Å². The van der Waals surface area contributed by atoms with Crippen LogP contribution in [0.2, 0.25) is 0 Å². The van der Waals surface area contributed by atoms with Gasteiger partial charge in [0.25, 0.3) is 11.8 Å². The van der Waals surface area contributed by atoms with Crippen LogP contribution in [-0.2, 0) is 6.54 Å². The molecule has 0 atom stereocenters. The molecule has 9 heteroatoms. The Bertz CT molecular complexity index is 1270. The minimum absolute atomic E-state index is 0.0515. The van der Waals surface area contributed by atoms with Crippen LogP contribution in [0.3, 0.4) is 0 Å². The first-order valence-corrected chi connectivity index (χ1v) is 12.6. The molecule has 4 rings (SSSR count). The number of nitrogens with zero attached hydrogens (tertiary/aromatic N) is 2. The lowest BCUT2D eigenvalue weighted by molar-refractivity contribution is 0.0949. The van der Waals surface area contributed by atoms with E-state index < -0.39 is 0 Å². The molecule has 1 heterocycles. The number of halogens is 1. The Morgan fingerprint density at radius 2 is 1.55 bits per heavy atom. The highest BCUT2D eigenvalue weighted by atomic mass is 19.1. The average molecular weight is 518 g/mol. The van der Waals surface area contributed by atoms with Crippen molar-refractivity contribution in [2.75, 3.05) is 36.4 Å². The number of anilines is 2. The third kappa shape index (κ3) is 6.88. The van der Waals surface area contributed by atoms with Crippen molar-refractivity contribution < 1.29 is 18.8 Å². The third-order valence-electron chi connectivity index (χ3n) is 6.22. The van der Waals surface area contributed by atoms with Gasteiger partial charge in [0.05, 0.1) is 5.56 Å². The standard InChI is InChI=1S/C29H32FN5O3/c1-20(2)32-29(38)35-16-14-34(15-17-35)26-13-12-24(33-27(36)22-6-4-3-5-7-22)18-25(26)28(37)31-19-21-8-10-23(30)11-9-21/h3-13,18,20H,14-17,19H2,1-2H3,(H,31,37)(H,32,38)(H,33,36). The van der Waals surface area contributed by atoms with Crippen LogP contribution in [0.15, 0.2) is 72.8 Å². The number of hydrogen-bond acceptors (Lipinski definition) is 4. The molecule has 1 aliphatic heterocycles. The number of carbonyl (C=O) groups excluding carboxylic acids is 3. The van der Waals surface area contributed by atoms with Gasteiger partial charge in [-0.25, -0.2) is 9.18 Å². The smallest absolute Gasteiger partial charge is 0.317 e. The molecule has 0 bridgehead atoms. The number of urea groups is 1. The Labute approximate surface area is 221 Å². The molecule has 8 nitrogen and oxygen atoms in total. The van der Waals surface area contributed by atoms with Crippen molar-refractivity contribution in [1.29, 1.82) is 0 Å². The highest BCUT2D eigenvalue weighted by molar-refractivity contribution is 6.06. The lowest BCUT2D eigenvalue weighted by Crippen LogP contribution is -2.53. The summed E-state index contributed by atoms with van der Waals surface area (Å²) in [5.74, 6) is -0.939. The number of piperazine rings is 1. The van der Waals surface area contributed by atoms with Gasteiger partial charge >= 0.3 is 6.03 Å². The number of carbonyl (C=O) groups is 3. The van der Waals surface area contributed by atoms with Crippen molar-refractivity contribution in [2.24, 2.45) is 0 Å². The van der Waals surface area contributed by atoms with Crippen molar-refractivity contribution in [3.05, 3.63) is 95.3 Å². The van der Waals surface area contributed by atoms with Gasteiger partial charge in [0, 0.05) is 55.7 Å². The first-order valence-electron chi connectivity index (χ1n) is 12.6. The number of rotatable bonds is 7. The minimum atomic E-state index is -0.342. The van der Waals surface area contributed by atoms with Gasteiger partial charge in [0.1, 0.15) is 5.82 Å². The second-order valence-corrected chi connectivity index (χ2v) is 9.44. The molecule has 3 N–H and O–H groups in total. The summed E-state index contributed by atoms with van der Waals surface area (Å²) in [5.41, 5.74) is 2.88. The van der Waals surface area contributed by atoms with Crippen LogP contribution in [0.1, 0.15) is 40.1 Å². The fourth-order valence-corrected chi connectivity index (χ4v) is 4.23. The van der Waals surface area contributed by atoms with Gasteiger partial charge in [-0.3, -0.25) is 9.59 Å². The quantitative estimate of drug-likeness (QED) is 0.437. The highest BCUT2D eigenvalue weighted by Crippen LogP contribution is 2.26. The lowest BCUT2D eigenvalue weighted by atomic mass is 10.1. The number of amides is 4. The third-order valence-corrected chi connectivity index (χ3v) is 6.22. The minimum Gasteiger partial charge on any atom is -0.367 e. The molecule has 4 amide bonds. The predicted molar refractivity (Wildman–Crippen MR) is 146 cm³/mol. The summed E-state index contributed by atoms with van der Waals surface area (Å²) >= 11 is 0. The van der Waals surface area contributed by atoms with E-state index in [9.17, 15) is 18.8 Å². The average Bonchev–Trinajstić information content (AvgIpc) is 2.92. The molecule has 0 spiro atoms. The van der Waals surface area contributed by atoms with Crippen LogP contribution in [-0.4, -0.2) is 55.0 Å². The number of nitrogens with one attached hydrogen (secondary N) is 3. The lowest BCUT2D eigenvalue weighted by Gasteiger charge is -2.37. The summed E-state index contributed by atoms with van der Waals surface area (Å²) in [6.07, 6.45) is 0. The molecule has 38 heavy (non-hydrogen) atoms. The fraction of sp³-hybridized carbons (Fsp3) is 0.276. The normalized spacial score (nSPS) is 13.3. The molecule has 0 unspecified atom stereocenters. The predicted octanol–water partition coefficient (Wildman–Crippen LogP) is 4.25. The Balaban J connectivity index is 1.53. The summed E-state index contributed by atoms with van der Waals surface area (Å²) < 4.78 is 13.3.